The van der Waals surface area contributed by atoms with Gasteiger partial charge >= 0.3 is 11.9 Å². The van der Waals surface area contributed by atoms with E-state index in [1.54, 1.807) is 12.1 Å². The lowest BCUT2D eigenvalue weighted by Crippen LogP contribution is -2.47. The Morgan fingerprint density at radius 2 is 1.78 bits per heavy atom. The highest BCUT2D eigenvalue weighted by Crippen LogP contribution is 2.35. The molecule has 0 aliphatic carbocycles. The number of imide groups is 1. The smallest absolute Gasteiger partial charge is 0.374 e. The van der Waals surface area contributed by atoms with Crippen molar-refractivity contribution in [3.8, 4) is 0 Å². The lowest BCUT2D eigenvalue weighted by Gasteiger charge is -2.35. The van der Waals surface area contributed by atoms with E-state index in [1.807, 2.05) is 17.0 Å². The minimum absolute atomic E-state index is 0.107. The number of hydrogen-bond acceptors (Lipinski definition) is 5. The molecule has 1 unspecified atom stereocenters. The summed E-state index contributed by atoms with van der Waals surface area (Å²) in [5, 5.41) is 14.0. The van der Waals surface area contributed by atoms with E-state index in [0.29, 0.717) is 19.5 Å². The van der Waals surface area contributed by atoms with Crippen LogP contribution in [0.5, 0.6) is 0 Å². The lowest BCUT2D eigenvalue weighted by molar-refractivity contribution is -0.174. The third kappa shape index (κ3) is 4.17. The molecular weight excluding hydrogens is 360 g/mol. The molecule has 2 saturated heterocycles. The quantitative estimate of drug-likeness (QED) is 0.674. The van der Waals surface area contributed by atoms with Gasteiger partial charge in [-0.05, 0) is 43.5 Å². The number of amides is 2. The number of carboxylic acids is 1. The van der Waals surface area contributed by atoms with Crippen molar-refractivity contribution in [2.75, 3.05) is 23.3 Å². The number of alkyl halides is 2. The largest absolute Gasteiger partial charge is 0.477 e. The Kier molecular flexibility index (Phi) is 5.29. The number of aliphatic carboxylic acids is 1. The minimum Gasteiger partial charge on any atom is -0.477 e. The Labute approximate surface area is 154 Å². The van der Waals surface area contributed by atoms with Crippen molar-refractivity contribution in [3.63, 3.8) is 0 Å². The van der Waals surface area contributed by atoms with Crippen molar-refractivity contribution >= 4 is 29.2 Å². The molecule has 1 aromatic rings. The van der Waals surface area contributed by atoms with Crippen LogP contribution in [0.3, 0.4) is 0 Å². The first kappa shape index (κ1) is 19.1. The zero-order chi connectivity index (χ0) is 19.6. The number of anilines is 2. The van der Waals surface area contributed by atoms with Crippen LogP contribution in [-0.4, -0.2) is 47.9 Å². The fourth-order valence-electron chi connectivity index (χ4n) is 3.48. The van der Waals surface area contributed by atoms with Gasteiger partial charge in [-0.1, -0.05) is 0 Å². The van der Waals surface area contributed by atoms with Gasteiger partial charge in [0.1, 0.15) is 6.04 Å². The van der Waals surface area contributed by atoms with E-state index in [-0.39, 0.29) is 31.1 Å². The van der Waals surface area contributed by atoms with Crippen LogP contribution in [0.15, 0.2) is 24.3 Å². The average Bonchev–Trinajstić information content (AvgIpc) is 2.64. The van der Waals surface area contributed by atoms with Crippen LogP contribution in [0, 0.1) is 5.92 Å². The van der Waals surface area contributed by atoms with E-state index in [4.69, 9.17) is 5.11 Å². The first-order valence-electron chi connectivity index (χ1n) is 8.84. The SMILES string of the molecule is O=C1CCC(Nc2ccc(N3CCC(C(F)(F)C(=O)O)CC3)cc2)C(=O)N1. The van der Waals surface area contributed by atoms with Crippen LogP contribution in [0.4, 0.5) is 20.2 Å². The number of benzene rings is 1. The molecule has 2 fully saturated rings. The monoisotopic (exact) mass is 381 g/mol. The summed E-state index contributed by atoms with van der Waals surface area (Å²) in [6, 6.07) is 6.75. The van der Waals surface area contributed by atoms with Crippen LogP contribution in [0.25, 0.3) is 0 Å². The van der Waals surface area contributed by atoms with Gasteiger partial charge in [0.2, 0.25) is 11.8 Å². The van der Waals surface area contributed by atoms with E-state index >= 15 is 0 Å². The van der Waals surface area contributed by atoms with Gasteiger partial charge in [0.15, 0.2) is 0 Å². The fourth-order valence-corrected chi connectivity index (χ4v) is 3.48. The highest BCUT2D eigenvalue weighted by atomic mass is 19.3. The maximum atomic E-state index is 13.6. The maximum absolute atomic E-state index is 13.6. The molecule has 1 atom stereocenters. The molecule has 2 amide bonds. The molecule has 3 rings (SSSR count). The molecule has 27 heavy (non-hydrogen) atoms. The third-order valence-electron chi connectivity index (χ3n) is 5.11. The summed E-state index contributed by atoms with van der Waals surface area (Å²) >= 11 is 0. The Morgan fingerprint density at radius 3 is 2.33 bits per heavy atom. The third-order valence-corrected chi connectivity index (χ3v) is 5.11. The topological polar surface area (TPSA) is 98.7 Å². The van der Waals surface area contributed by atoms with Gasteiger partial charge in [-0.25, -0.2) is 4.79 Å². The second-order valence-corrected chi connectivity index (χ2v) is 6.88. The molecule has 0 aromatic heterocycles. The molecular formula is C18H21F2N3O4. The number of piperidine rings is 2. The van der Waals surface area contributed by atoms with Crippen molar-refractivity contribution < 1.29 is 28.3 Å². The molecule has 0 radical (unpaired) electrons. The van der Waals surface area contributed by atoms with Crippen molar-refractivity contribution in [2.24, 2.45) is 5.92 Å². The van der Waals surface area contributed by atoms with Gasteiger partial charge < -0.3 is 15.3 Å². The number of nitrogens with zero attached hydrogens (tertiary/aromatic N) is 1. The van der Waals surface area contributed by atoms with Crippen LogP contribution in [0.1, 0.15) is 25.7 Å². The Hall–Kier alpha value is -2.71. The number of halogens is 2. The van der Waals surface area contributed by atoms with Crippen LogP contribution < -0.4 is 15.5 Å². The summed E-state index contributed by atoms with van der Waals surface area (Å²) in [5.41, 5.74) is 1.57. The zero-order valence-electron chi connectivity index (χ0n) is 14.6. The van der Waals surface area contributed by atoms with Crippen LogP contribution >= 0.6 is 0 Å². The molecule has 0 saturated carbocycles. The van der Waals surface area contributed by atoms with Crippen molar-refractivity contribution in [3.05, 3.63) is 24.3 Å². The normalized spacial score (nSPS) is 21.7. The molecule has 0 spiro atoms. The van der Waals surface area contributed by atoms with Crippen LogP contribution in [-0.2, 0) is 14.4 Å². The number of carbonyl (C=O) groups is 3. The lowest BCUT2D eigenvalue weighted by atomic mass is 9.90. The summed E-state index contributed by atoms with van der Waals surface area (Å²) in [7, 11) is 0. The molecule has 2 aliphatic heterocycles. The molecule has 2 aliphatic rings. The molecule has 1 aromatic carbocycles. The van der Waals surface area contributed by atoms with E-state index in [2.05, 4.69) is 10.6 Å². The maximum Gasteiger partial charge on any atom is 0.374 e. The van der Waals surface area contributed by atoms with Crippen molar-refractivity contribution in [2.45, 2.75) is 37.6 Å². The van der Waals surface area contributed by atoms with E-state index in [0.717, 1.165) is 11.4 Å². The molecule has 3 N–H and O–H groups in total. The molecule has 7 nitrogen and oxygen atoms in total. The summed E-state index contributed by atoms with van der Waals surface area (Å²) in [6.45, 7) is 0.709. The summed E-state index contributed by atoms with van der Waals surface area (Å²) in [4.78, 5) is 35.6. The van der Waals surface area contributed by atoms with Gasteiger partial charge in [0.05, 0.1) is 0 Å². The first-order valence-corrected chi connectivity index (χ1v) is 8.84. The number of carboxylic acid groups (broad SMARTS) is 1. The van der Waals surface area contributed by atoms with Gasteiger partial charge in [0, 0.05) is 36.8 Å². The number of hydrogen-bond donors (Lipinski definition) is 3. The van der Waals surface area contributed by atoms with Crippen LogP contribution in [0.2, 0.25) is 0 Å². The van der Waals surface area contributed by atoms with Crippen molar-refractivity contribution in [1.82, 2.24) is 5.32 Å². The van der Waals surface area contributed by atoms with E-state index in [1.165, 1.54) is 0 Å². The van der Waals surface area contributed by atoms with Gasteiger partial charge in [-0.3, -0.25) is 14.9 Å². The van der Waals surface area contributed by atoms with E-state index < -0.39 is 23.9 Å². The summed E-state index contributed by atoms with van der Waals surface area (Å²) < 4.78 is 27.2. The zero-order valence-corrected chi connectivity index (χ0v) is 14.6. The summed E-state index contributed by atoms with van der Waals surface area (Å²) in [5.74, 6) is -7.53. The number of nitrogens with one attached hydrogen (secondary N) is 2. The second-order valence-electron chi connectivity index (χ2n) is 6.88. The van der Waals surface area contributed by atoms with E-state index in [9.17, 15) is 23.2 Å². The number of rotatable bonds is 5. The predicted octanol–water partition coefficient (Wildman–Crippen LogP) is 1.84. The highest BCUT2D eigenvalue weighted by Gasteiger charge is 2.48. The Balaban J connectivity index is 1.56. The molecule has 9 heteroatoms. The Morgan fingerprint density at radius 1 is 1.15 bits per heavy atom. The highest BCUT2D eigenvalue weighted by molar-refractivity contribution is 6.01. The first-order chi connectivity index (χ1) is 12.8. The standard InChI is InChI=1S/C18H21F2N3O4/c19-18(20,17(26)27)11-7-9-23(10-8-11)13-3-1-12(2-4-13)21-14-5-6-15(24)22-16(14)25/h1-4,11,14,21H,5-10H2,(H,26,27)(H,22,24,25). The fraction of sp³-hybridized carbons (Fsp3) is 0.500. The summed E-state index contributed by atoms with van der Waals surface area (Å²) in [6.07, 6.45) is 0.931. The average molecular weight is 381 g/mol. The van der Waals surface area contributed by atoms with Gasteiger partial charge in [-0.2, -0.15) is 8.78 Å². The molecule has 0 bridgehead atoms. The van der Waals surface area contributed by atoms with Gasteiger partial charge in [-0.15, -0.1) is 0 Å². The minimum atomic E-state index is -3.69. The predicted molar refractivity (Wildman–Crippen MR) is 93.8 cm³/mol. The Bertz CT molecular complexity index is 731. The van der Waals surface area contributed by atoms with Gasteiger partial charge in [0.25, 0.3) is 0 Å². The second kappa shape index (κ2) is 7.50. The van der Waals surface area contributed by atoms with Crippen molar-refractivity contribution in [1.29, 1.82) is 0 Å². The number of carbonyl (C=O) groups excluding carboxylic acids is 2. The molecule has 2 heterocycles. The molecule has 146 valence electrons.